The summed E-state index contributed by atoms with van der Waals surface area (Å²) in [4.78, 5) is 24.2. The monoisotopic (exact) mass is 360 g/mol. The summed E-state index contributed by atoms with van der Waals surface area (Å²) in [6.07, 6.45) is 0.335. The summed E-state index contributed by atoms with van der Waals surface area (Å²) in [5, 5.41) is 19.4. The zero-order chi connectivity index (χ0) is 19.2. The summed E-state index contributed by atoms with van der Waals surface area (Å²) >= 11 is 0. The summed E-state index contributed by atoms with van der Waals surface area (Å²) < 4.78 is 11.1. The Morgan fingerprint density at radius 2 is 2.04 bits per heavy atom. The maximum Gasteiger partial charge on any atom is 0.334 e. The van der Waals surface area contributed by atoms with Crippen molar-refractivity contribution < 1.29 is 29.3 Å². The van der Waals surface area contributed by atoms with Crippen molar-refractivity contribution in [2.24, 2.45) is 17.8 Å². The Morgan fingerprint density at radius 1 is 1.35 bits per heavy atom. The van der Waals surface area contributed by atoms with E-state index in [2.05, 4.69) is 19.7 Å². The molecule has 0 aromatic rings. The smallest absolute Gasteiger partial charge is 0.334 e. The number of hydrogen-bond donors (Lipinski definition) is 2. The molecule has 1 saturated heterocycles. The van der Waals surface area contributed by atoms with Crippen molar-refractivity contribution in [2.45, 2.75) is 38.1 Å². The third-order valence-electron chi connectivity index (χ3n) is 5.74. The minimum Gasteiger partial charge on any atom is -0.458 e. The summed E-state index contributed by atoms with van der Waals surface area (Å²) in [7, 11) is 0. The molecule has 0 amide bonds. The summed E-state index contributed by atoms with van der Waals surface area (Å²) in [6.45, 7) is 13.3. The van der Waals surface area contributed by atoms with E-state index in [0.717, 1.165) is 5.57 Å². The molecule has 2 N–H and O–H groups in total. The number of aliphatic hydroxyl groups excluding tert-OH is 2. The van der Waals surface area contributed by atoms with Crippen molar-refractivity contribution in [2.75, 3.05) is 6.61 Å². The van der Waals surface area contributed by atoms with Crippen LogP contribution in [0, 0.1) is 17.8 Å². The highest BCUT2D eigenvalue weighted by Gasteiger charge is 2.56. The van der Waals surface area contributed by atoms with Gasteiger partial charge in [0.15, 0.2) is 0 Å². The standard InChI is InChI=1S/C20H24O6/c1-9(5-6-21)19(23)25-15-8-13-10(2)7-14(22)17-12(4)20(24)26-18(17)16(13)11(15)3/h5,13-18,21-22H,2-4,6-8H2,1H3. The van der Waals surface area contributed by atoms with E-state index in [1.807, 2.05) is 0 Å². The van der Waals surface area contributed by atoms with E-state index < -0.39 is 36.2 Å². The van der Waals surface area contributed by atoms with Crippen LogP contribution < -0.4 is 0 Å². The molecule has 6 atom stereocenters. The lowest BCUT2D eigenvalue weighted by Gasteiger charge is -2.27. The maximum absolute atomic E-state index is 12.2. The average Bonchev–Trinajstić information content (AvgIpc) is 3.01. The normalized spacial score (nSPS) is 37.1. The molecule has 0 radical (unpaired) electrons. The van der Waals surface area contributed by atoms with Gasteiger partial charge in [0, 0.05) is 17.1 Å². The molecule has 1 heterocycles. The van der Waals surface area contributed by atoms with E-state index in [-0.39, 0.29) is 24.0 Å². The molecule has 2 saturated carbocycles. The Hall–Kier alpha value is -2.18. The van der Waals surface area contributed by atoms with Gasteiger partial charge in [-0.1, -0.05) is 25.3 Å². The number of fused-ring (bicyclic) bond motifs is 3. The van der Waals surface area contributed by atoms with Crippen LogP contribution in [-0.4, -0.2) is 47.1 Å². The van der Waals surface area contributed by atoms with E-state index >= 15 is 0 Å². The van der Waals surface area contributed by atoms with Crippen LogP contribution in [0.5, 0.6) is 0 Å². The molecule has 0 bridgehead atoms. The van der Waals surface area contributed by atoms with Gasteiger partial charge in [0.05, 0.1) is 18.6 Å². The number of hydrogen-bond acceptors (Lipinski definition) is 6. The van der Waals surface area contributed by atoms with Gasteiger partial charge in [0.1, 0.15) is 12.2 Å². The van der Waals surface area contributed by atoms with Gasteiger partial charge in [-0.3, -0.25) is 0 Å². The van der Waals surface area contributed by atoms with Gasteiger partial charge in [-0.2, -0.15) is 0 Å². The fourth-order valence-corrected chi connectivity index (χ4v) is 4.33. The minimum atomic E-state index is -0.777. The van der Waals surface area contributed by atoms with Crippen LogP contribution >= 0.6 is 0 Å². The van der Waals surface area contributed by atoms with Crippen LogP contribution in [-0.2, 0) is 19.1 Å². The van der Waals surface area contributed by atoms with E-state index in [1.54, 1.807) is 6.92 Å². The molecule has 0 aromatic carbocycles. The predicted molar refractivity (Wildman–Crippen MR) is 93.7 cm³/mol. The van der Waals surface area contributed by atoms with Gasteiger partial charge < -0.3 is 19.7 Å². The Kier molecular flexibility index (Phi) is 4.90. The van der Waals surface area contributed by atoms with E-state index in [0.29, 0.717) is 24.0 Å². The van der Waals surface area contributed by atoms with Crippen molar-refractivity contribution in [1.29, 1.82) is 0 Å². The summed E-state index contributed by atoms with van der Waals surface area (Å²) in [5.74, 6) is -1.88. The summed E-state index contributed by atoms with van der Waals surface area (Å²) in [6, 6.07) is 0. The topological polar surface area (TPSA) is 93.1 Å². The molecular formula is C20H24O6. The highest BCUT2D eigenvalue weighted by molar-refractivity contribution is 5.91. The lowest BCUT2D eigenvalue weighted by Crippen LogP contribution is -2.34. The van der Waals surface area contributed by atoms with Crippen molar-refractivity contribution in [3.05, 3.63) is 48.1 Å². The highest BCUT2D eigenvalue weighted by Crippen LogP contribution is 2.52. The Morgan fingerprint density at radius 3 is 2.69 bits per heavy atom. The van der Waals surface area contributed by atoms with Gasteiger partial charge in [-0.05, 0) is 37.3 Å². The van der Waals surface area contributed by atoms with Crippen LogP contribution in [0.15, 0.2) is 48.1 Å². The van der Waals surface area contributed by atoms with Gasteiger partial charge >= 0.3 is 11.9 Å². The quantitative estimate of drug-likeness (QED) is 0.450. The Labute approximate surface area is 152 Å². The molecule has 3 aliphatic rings. The molecule has 2 aliphatic carbocycles. The van der Waals surface area contributed by atoms with Crippen molar-refractivity contribution in [1.82, 2.24) is 0 Å². The number of esters is 2. The molecule has 6 heteroatoms. The second-order valence-corrected chi connectivity index (χ2v) is 7.26. The second-order valence-electron chi connectivity index (χ2n) is 7.26. The first-order chi connectivity index (χ1) is 12.3. The molecule has 0 spiro atoms. The lowest BCUT2D eigenvalue weighted by molar-refractivity contribution is -0.143. The number of carbonyl (C=O) groups excluding carboxylic acids is 2. The largest absolute Gasteiger partial charge is 0.458 e. The average molecular weight is 360 g/mol. The first-order valence-corrected chi connectivity index (χ1v) is 8.69. The Balaban J connectivity index is 1.86. The van der Waals surface area contributed by atoms with Crippen LogP contribution in [0.3, 0.4) is 0 Å². The SMILES string of the molecule is C=C1CC(O)C2C(=C)C(=O)OC2C2C(=C)C(OC(=O)C(C)=CCO)CC12. The minimum absolute atomic E-state index is 0.0919. The van der Waals surface area contributed by atoms with Crippen LogP contribution in [0.1, 0.15) is 19.8 Å². The maximum atomic E-state index is 12.2. The van der Waals surface area contributed by atoms with Gasteiger partial charge in [-0.15, -0.1) is 0 Å². The van der Waals surface area contributed by atoms with E-state index in [1.165, 1.54) is 6.08 Å². The molecule has 3 fully saturated rings. The van der Waals surface area contributed by atoms with Gasteiger partial charge in [-0.25, -0.2) is 9.59 Å². The molecule has 6 unspecified atom stereocenters. The fraction of sp³-hybridized carbons (Fsp3) is 0.500. The summed E-state index contributed by atoms with van der Waals surface area (Å²) in [5.41, 5.74) is 2.09. The second kappa shape index (κ2) is 6.85. The molecule has 3 rings (SSSR count). The van der Waals surface area contributed by atoms with Crippen molar-refractivity contribution in [3.63, 3.8) is 0 Å². The van der Waals surface area contributed by atoms with Crippen LogP contribution in [0.25, 0.3) is 0 Å². The predicted octanol–water partition coefficient (Wildman–Crippen LogP) is 1.45. The first kappa shape index (κ1) is 18.6. The molecule has 1 aliphatic heterocycles. The molecule has 6 nitrogen and oxygen atoms in total. The number of ether oxygens (including phenoxy) is 2. The lowest BCUT2D eigenvalue weighted by atomic mass is 9.81. The van der Waals surface area contributed by atoms with Crippen molar-refractivity contribution in [3.8, 4) is 0 Å². The zero-order valence-electron chi connectivity index (χ0n) is 14.8. The molecule has 140 valence electrons. The highest BCUT2D eigenvalue weighted by atomic mass is 16.6. The van der Waals surface area contributed by atoms with E-state index in [9.17, 15) is 14.7 Å². The van der Waals surface area contributed by atoms with Crippen LogP contribution in [0.2, 0.25) is 0 Å². The molecule has 0 aromatic heterocycles. The number of rotatable bonds is 3. The molecule has 26 heavy (non-hydrogen) atoms. The first-order valence-electron chi connectivity index (χ1n) is 8.69. The third-order valence-corrected chi connectivity index (χ3v) is 5.74. The van der Waals surface area contributed by atoms with Gasteiger partial charge in [0.25, 0.3) is 0 Å². The Bertz CT molecular complexity index is 718. The third kappa shape index (κ3) is 2.93. The number of aliphatic hydroxyl groups is 2. The molecular weight excluding hydrogens is 336 g/mol. The van der Waals surface area contributed by atoms with Crippen molar-refractivity contribution >= 4 is 11.9 Å². The number of carbonyl (C=O) groups is 2. The zero-order valence-corrected chi connectivity index (χ0v) is 14.8. The van der Waals surface area contributed by atoms with E-state index in [4.69, 9.17) is 14.6 Å². The van der Waals surface area contributed by atoms with Gasteiger partial charge in [0.2, 0.25) is 0 Å². The van der Waals surface area contributed by atoms with Crippen LogP contribution in [0.4, 0.5) is 0 Å². The fourth-order valence-electron chi connectivity index (χ4n) is 4.33.